The van der Waals surface area contributed by atoms with Crippen LogP contribution in [0.25, 0.3) is 5.76 Å². The Bertz CT molecular complexity index is 1270. The lowest BCUT2D eigenvalue weighted by molar-refractivity contribution is -0.140. The Balaban J connectivity index is 1.88. The molecule has 2 aromatic carbocycles. The van der Waals surface area contributed by atoms with E-state index in [1.54, 1.807) is 49.8 Å². The van der Waals surface area contributed by atoms with Gasteiger partial charge >= 0.3 is 0 Å². The van der Waals surface area contributed by atoms with Crippen molar-refractivity contribution in [3.8, 4) is 11.5 Å². The van der Waals surface area contributed by atoms with Gasteiger partial charge in [0, 0.05) is 18.9 Å². The van der Waals surface area contributed by atoms with Crippen LogP contribution in [0.2, 0.25) is 0 Å². The van der Waals surface area contributed by atoms with E-state index in [4.69, 9.17) is 9.47 Å². The van der Waals surface area contributed by atoms with Crippen LogP contribution in [0, 0.1) is 13.8 Å². The number of carbonyl (C=O) groups is 2. The van der Waals surface area contributed by atoms with Gasteiger partial charge in [0.2, 0.25) is 0 Å². The number of amides is 1. The molecule has 0 saturated carbocycles. The van der Waals surface area contributed by atoms with Crippen LogP contribution in [0.15, 0.2) is 66.5 Å². The number of Topliss-reactive ketones (excluding diaryl/α,β-unsaturated/α-hetero) is 1. The first-order chi connectivity index (χ1) is 16.3. The number of ether oxygens (including phenoxy) is 2. The number of pyridine rings is 1. The van der Waals surface area contributed by atoms with E-state index in [1.807, 2.05) is 32.0 Å². The van der Waals surface area contributed by atoms with Crippen LogP contribution >= 0.6 is 0 Å². The van der Waals surface area contributed by atoms with E-state index in [0.717, 1.165) is 16.7 Å². The fourth-order valence-electron chi connectivity index (χ4n) is 4.40. The van der Waals surface area contributed by atoms with Gasteiger partial charge in [-0.15, -0.1) is 0 Å². The van der Waals surface area contributed by atoms with Gasteiger partial charge in [0.1, 0.15) is 17.3 Å². The summed E-state index contributed by atoms with van der Waals surface area (Å²) in [7, 11) is 3.09. The highest BCUT2D eigenvalue weighted by Crippen LogP contribution is 2.42. The second-order valence-electron chi connectivity index (χ2n) is 8.22. The van der Waals surface area contributed by atoms with Gasteiger partial charge in [0.25, 0.3) is 11.7 Å². The topological polar surface area (TPSA) is 89.0 Å². The van der Waals surface area contributed by atoms with E-state index in [1.165, 1.54) is 12.0 Å². The van der Waals surface area contributed by atoms with Gasteiger partial charge in [-0.3, -0.25) is 14.6 Å². The lowest BCUT2D eigenvalue weighted by atomic mass is 9.94. The summed E-state index contributed by atoms with van der Waals surface area (Å²) >= 11 is 0. The molecule has 1 N–H and O–H groups in total. The average Bonchev–Trinajstić information content (AvgIpc) is 3.09. The summed E-state index contributed by atoms with van der Waals surface area (Å²) in [6, 6.07) is 13.7. The van der Waals surface area contributed by atoms with Crippen LogP contribution in [0.5, 0.6) is 11.5 Å². The Morgan fingerprint density at radius 3 is 2.41 bits per heavy atom. The Morgan fingerprint density at radius 2 is 1.79 bits per heavy atom. The first-order valence-electron chi connectivity index (χ1n) is 10.8. The number of rotatable bonds is 6. The number of methoxy groups -OCH3 is 2. The number of hydrogen-bond acceptors (Lipinski definition) is 6. The molecule has 7 heteroatoms. The van der Waals surface area contributed by atoms with Gasteiger partial charge in [0.15, 0.2) is 0 Å². The predicted octanol–water partition coefficient (Wildman–Crippen LogP) is 4.34. The average molecular weight is 459 g/mol. The van der Waals surface area contributed by atoms with Crippen LogP contribution in [0.1, 0.15) is 33.9 Å². The van der Waals surface area contributed by atoms with Crippen molar-refractivity contribution in [1.82, 2.24) is 9.88 Å². The molecule has 1 amide bonds. The number of nitrogens with zero attached hydrogens (tertiary/aromatic N) is 2. The summed E-state index contributed by atoms with van der Waals surface area (Å²) in [6.45, 7) is 3.93. The molecule has 1 aliphatic heterocycles. The van der Waals surface area contributed by atoms with Crippen LogP contribution in [0.3, 0.4) is 0 Å². The Hall–Kier alpha value is -4.13. The zero-order valence-corrected chi connectivity index (χ0v) is 19.5. The minimum absolute atomic E-state index is 0.00908. The van der Waals surface area contributed by atoms with E-state index in [0.29, 0.717) is 22.6 Å². The molecule has 1 unspecified atom stereocenters. The quantitative estimate of drug-likeness (QED) is 0.336. The molecule has 1 fully saturated rings. The minimum Gasteiger partial charge on any atom is -0.507 e. The van der Waals surface area contributed by atoms with E-state index < -0.39 is 17.7 Å². The van der Waals surface area contributed by atoms with Crippen molar-refractivity contribution in [2.75, 3.05) is 14.2 Å². The molecule has 1 atom stereocenters. The molecule has 1 aromatic heterocycles. The van der Waals surface area contributed by atoms with Crippen LogP contribution in [-0.4, -0.2) is 40.9 Å². The molecular formula is C27H26N2O5. The van der Waals surface area contributed by atoms with Crippen molar-refractivity contribution >= 4 is 17.4 Å². The molecule has 174 valence electrons. The Labute approximate surface area is 198 Å². The monoisotopic (exact) mass is 458 g/mol. The molecule has 0 aliphatic carbocycles. The second kappa shape index (κ2) is 9.39. The van der Waals surface area contributed by atoms with Gasteiger partial charge in [-0.25, -0.2) is 0 Å². The number of ketones is 1. The maximum absolute atomic E-state index is 13.3. The minimum atomic E-state index is -0.804. The third-order valence-electron chi connectivity index (χ3n) is 5.93. The lowest BCUT2D eigenvalue weighted by Crippen LogP contribution is -2.29. The summed E-state index contributed by atoms with van der Waals surface area (Å²) in [5.41, 5.74) is 3.53. The number of aromatic nitrogens is 1. The number of likely N-dealkylation sites (tertiary alicyclic amines) is 1. The van der Waals surface area contributed by atoms with Gasteiger partial charge in [-0.1, -0.05) is 24.3 Å². The second-order valence-corrected chi connectivity index (χ2v) is 8.22. The number of hydrogen-bond donors (Lipinski definition) is 1. The van der Waals surface area contributed by atoms with Gasteiger partial charge in [-0.2, -0.15) is 0 Å². The summed E-state index contributed by atoms with van der Waals surface area (Å²) < 4.78 is 10.7. The molecule has 0 bridgehead atoms. The first-order valence-corrected chi connectivity index (χ1v) is 10.8. The Morgan fingerprint density at radius 1 is 1.06 bits per heavy atom. The van der Waals surface area contributed by atoms with Crippen molar-refractivity contribution in [3.05, 3.63) is 94.3 Å². The molecular weight excluding hydrogens is 432 g/mol. The van der Waals surface area contributed by atoms with Crippen molar-refractivity contribution < 1.29 is 24.2 Å². The maximum atomic E-state index is 13.3. The van der Waals surface area contributed by atoms with Crippen LogP contribution in [-0.2, 0) is 16.1 Å². The standard InChI is InChI=1S/C27H26N2O5/c1-16-12-17(2)26(34-4)21(13-16)24(30)22-23(19-6-5-11-28-14-19)29(27(32)25(22)31)15-18-7-9-20(33-3)10-8-18/h5-14,23,30H,15H2,1-4H3/b24-22+. The smallest absolute Gasteiger partial charge is 0.295 e. The fraction of sp³-hybridized carbons (Fsp3) is 0.222. The number of carbonyl (C=O) groups excluding carboxylic acids is 2. The number of aryl methyl sites for hydroxylation is 2. The normalized spacial score (nSPS) is 17.2. The van der Waals surface area contributed by atoms with Gasteiger partial charge in [-0.05, 0) is 60.4 Å². The summed E-state index contributed by atoms with van der Waals surface area (Å²) in [5, 5.41) is 11.4. The molecule has 34 heavy (non-hydrogen) atoms. The molecule has 1 aliphatic rings. The molecule has 2 heterocycles. The zero-order chi connectivity index (χ0) is 24.4. The summed E-state index contributed by atoms with van der Waals surface area (Å²) in [6.07, 6.45) is 3.22. The lowest BCUT2D eigenvalue weighted by Gasteiger charge is -2.25. The molecule has 0 radical (unpaired) electrons. The van der Waals surface area contributed by atoms with Crippen molar-refractivity contribution in [3.63, 3.8) is 0 Å². The molecule has 3 aromatic rings. The van der Waals surface area contributed by atoms with Crippen molar-refractivity contribution in [2.45, 2.75) is 26.4 Å². The highest BCUT2D eigenvalue weighted by Gasteiger charge is 2.46. The largest absolute Gasteiger partial charge is 0.507 e. The number of aliphatic hydroxyl groups is 1. The zero-order valence-electron chi connectivity index (χ0n) is 19.5. The van der Waals surface area contributed by atoms with Gasteiger partial charge in [0.05, 0.1) is 31.4 Å². The maximum Gasteiger partial charge on any atom is 0.295 e. The first kappa shape index (κ1) is 23.0. The van der Waals surface area contributed by atoms with E-state index >= 15 is 0 Å². The Kier molecular flexibility index (Phi) is 6.36. The summed E-state index contributed by atoms with van der Waals surface area (Å²) in [5.74, 6) is -0.561. The van der Waals surface area contributed by atoms with Crippen LogP contribution < -0.4 is 9.47 Å². The third-order valence-corrected chi connectivity index (χ3v) is 5.93. The van der Waals surface area contributed by atoms with E-state index in [2.05, 4.69) is 4.98 Å². The molecule has 7 nitrogen and oxygen atoms in total. The predicted molar refractivity (Wildman–Crippen MR) is 128 cm³/mol. The van der Waals surface area contributed by atoms with Crippen molar-refractivity contribution in [2.24, 2.45) is 0 Å². The third kappa shape index (κ3) is 4.12. The van der Waals surface area contributed by atoms with Gasteiger partial charge < -0.3 is 19.5 Å². The molecule has 0 spiro atoms. The van der Waals surface area contributed by atoms with E-state index in [-0.39, 0.29) is 17.9 Å². The number of benzene rings is 2. The fourth-order valence-corrected chi connectivity index (χ4v) is 4.40. The molecule has 1 saturated heterocycles. The summed E-state index contributed by atoms with van der Waals surface area (Å²) in [4.78, 5) is 32.1. The van der Waals surface area contributed by atoms with Crippen molar-refractivity contribution in [1.29, 1.82) is 0 Å². The van der Waals surface area contributed by atoms with E-state index in [9.17, 15) is 14.7 Å². The SMILES string of the molecule is COc1ccc(CN2C(=O)C(=O)/C(=C(/O)c3cc(C)cc(C)c3OC)C2c2cccnc2)cc1. The highest BCUT2D eigenvalue weighted by atomic mass is 16.5. The van der Waals surface area contributed by atoms with Crippen LogP contribution in [0.4, 0.5) is 0 Å². The molecule has 4 rings (SSSR count). The highest BCUT2D eigenvalue weighted by molar-refractivity contribution is 6.46. The number of aliphatic hydroxyl groups excluding tert-OH is 1.